The van der Waals surface area contributed by atoms with Gasteiger partial charge in [-0.15, -0.1) is 0 Å². The molecule has 72 valence electrons. The summed E-state index contributed by atoms with van der Waals surface area (Å²) in [6.07, 6.45) is 0.977. The number of nitrogens with one attached hydrogen (secondary N) is 1. The molecular formula is C6H13NO4S. The van der Waals surface area contributed by atoms with Gasteiger partial charge in [0.15, 0.2) is 0 Å². The summed E-state index contributed by atoms with van der Waals surface area (Å²) in [7, 11) is -3.11. The second-order valence-corrected chi connectivity index (χ2v) is 4.52. The summed E-state index contributed by atoms with van der Waals surface area (Å²) in [5.41, 5.74) is 0. The second-order valence-electron chi connectivity index (χ2n) is 2.69. The van der Waals surface area contributed by atoms with Crippen LogP contribution in [0.5, 0.6) is 0 Å². The molecule has 1 rings (SSSR count). The van der Waals surface area contributed by atoms with E-state index in [0.717, 1.165) is 6.26 Å². The van der Waals surface area contributed by atoms with Crippen LogP contribution in [0.2, 0.25) is 0 Å². The van der Waals surface area contributed by atoms with E-state index >= 15 is 0 Å². The van der Waals surface area contributed by atoms with Crippen molar-refractivity contribution in [3.63, 3.8) is 0 Å². The van der Waals surface area contributed by atoms with Gasteiger partial charge in [0.05, 0.1) is 32.2 Å². The average molecular weight is 195 g/mol. The summed E-state index contributed by atoms with van der Waals surface area (Å²) in [5.74, 6) is 0. The van der Waals surface area contributed by atoms with Gasteiger partial charge >= 0.3 is 0 Å². The van der Waals surface area contributed by atoms with Crippen LogP contribution in [0.15, 0.2) is 0 Å². The fourth-order valence-electron chi connectivity index (χ4n) is 0.899. The Hall–Kier alpha value is -0.170. The maximum Gasteiger partial charge on any atom is 0.208 e. The first-order valence-electron chi connectivity index (χ1n) is 3.72. The summed E-state index contributed by atoms with van der Waals surface area (Å²) >= 11 is 0. The molecule has 0 aromatic carbocycles. The van der Waals surface area contributed by atoms with Crippen LogP contribution < -0.4 is 4.72 Å². The first-order valence-corrected chi connectivity index (χ1v) is 5.61. The molecule has 0 spiro atoms. The third-order valence-electron chi connectivity index (χ3n) is 1.46. The highest BCUT2D eigenvalue weighted by Crippen LogP contribution is 1.98. The van der Waals surface area contributed by atoms with Crippen LogP contribution in [0.4, 0.5) is 0 Å². The topological polar surface area (TPSA) is 64.6 Å². The number of hydrogen-bond donors (Lipinski definition) is 1. The third-order valence-corrected chi connectivity index (χ3v) is 2.15. The average Bonchev–Trinajstić information content (AvgIpc) is 2.02. The Morgan fingerprint density at radius 2 is 2.25 bits per heavy atom. The number of ether oxygens (including phenoxy) is 2. The molecule has 0 aliphatic carbocycles. The molecule has 0 aromatic rings. The Balaban J connectivity index is 2.22. The van der Waals surface area contributed by atoms with Gasteiger partial charge in [-0.2, -0.15) is 0 Å². The minimum Gasteiger partial charge on any atom is -0.376 e. The summed E-state index contributed by atoms with van der Waals surface area (Å²) in [6, 6.07) is 0. The second kappa shape index (κ2) is 4.18. The third kappa shape index (κ3) is 4.01. The molecule has 1 fully saturated rings. The molecule has 0 saturated carbocycles. The predicted octanol–water partition coefficient (Wildman–Crippen LogP) is -1.05. The molecular weight excluding hydrogens is 182 g/mol. The molecule has 1 unspecified atom stereocenters. The van der Waals surface area contributed by atoms with Gasteiger partial charge in [-0.05, 0) is 0 Å². The molecule has 1 atom stereocenters. The van der Waals surface area contributed by atoms with Crippen LogP contribution in [0.3, 0.4) is 0 Å². The highest BCUT2D eigenvalue weighted by Gasteiger charge is 2.15. The van der Waals surface area contributed by atoms with Crippen molar-refractivity contribution in [1.82, 2.24) is 4.72 Å². The zero-order valence-corrected chi connectivity index (χ0v) is 7.76. The molecule has 6 heteroatoms. The van der Waals surface area contributed by atoms with E-state index in [4.69, 9.17) is 9.47 Å². The molecule has 0 amide bonds. The Morgan fingerprint density at radius 3 is 2.75 bits per heavy atom. The zero-order chi connectivity index (χ0) is 9.03. The van der Waals surface area contributed by atoms with Gasteiger partial charge < -0.3 is 9.47 Å². The summed E-state index contributed by atoms with van der Waals surface area (Å²) in [4.78, 5) is 0. The molecule has 1 saturated heterocycles. The van der Waals surface area contributed by atoms with E-state index in [1.54, 1.807) is 0 Å². The minimum atomic E-state index is -3.11. The lowest BCUT2D eigenvalue weighted by Gasteiger charge is -2.22. The van der Waals surface area contributed by atoms with E-state index in [-0.39, 0.29) is 6.10 Å². The van der Waals surface area contributed by atoms with E-state index in [1.165, 1.54) is 0 Å². The first-order chi connectivity index (χ1) is 5.58. The molecule has 1 aliphatic rings. The van der Waals surface area contributed by atoms with E-state index in [2.05, 4.69) is 4.72 Å². The SMILES string of the molecule is CS(=O)(=O)NCC1COCCO1. The molecule has 1 heterocycles. The quantitative estimate of drug-likeness (QED) is 0.624. The van der Waals surface area contributed by atoms with Crippen molar-refractivity contribution in [1.29, 1.82) is 0 Å². The molecule has 5 nitrogen and oxygen atoms in total. The molecule has 0 bridgehead atoms. The van der Waals surface area contributed by atoms with Crippen molar-refractivity contribution in [2.24, 2.45) is 0 Å². The fourth-order valence-corrected chi connectivity index (χ4v) is 1.39. The lowest BCUT2D eigenvalue weighted by atomic mass is 10.3. The molecule has 12 heavy (non-hydrogen) atoms. The summed E-state index contributed by atoms with van der Waals surface area (Å²) in [6.45, 7) is 1.88. The van der Waals surface area contributed by atoms with Crippen LogP contribution >= 0.6 is 0 Å². The van der Waals surface area contributed by atoms with Crippen molar-refractivity contribution in [3.05, 3.63) is 0 Å². The number of hydrogen-bond acceptors (Lipinski definition) is 4. The first kappa shape index (κ1) is 9.91. The lowest BCUT2D eigenvalue weighted by Crippen LogP contribution is -2.39. The number of sulfonamides is 1. The Bertz CT molecular complexity index is 220. The van der Waals surface area contributed by atoms with Crippen molar-refractivity contribution < 1.29 is 17.9 Å². The minimum absolute atomic E-state index is 0.145. The number of rotatable bonds is 3. The standard InChI is InChI=1S/C6H13NO4S/c1-12(8,9)7-4-6-5-10-2-3-11-6/h6-7H,2-5H2,1H3. The van der Waals surface area contributed by atoms with Crippen LogP contribution in [0.25, 0.3) is 0 Å². The van der Waals surface area contributed by atoms with Gasteiger partial charge in [-0.3, -0.25) is 0 Å². The lowest BCUT2D eigenvalue weighted by molar-refractivity contribution is -0.0846. The van der Waals surface area contributed by atoms with Crippen molar-refractivity contribution >= 4 is 10.0 Å². The van der Waals surface area contributed by atoms with E-state index < -0.39 is 10.0 Å². The largest absolute Gasteiger partial charge is 0.376 e. The van der Waals surface area contributed by atoms with E-state index in [9.17, 15) is 8.42 Å². The highest BCUT2D eigenvalue weighted by molar-refractivity contribution is 7.88. The van der Waals surface area contributed by atoms with Gasteiger partial charge in [0.2, 0.25) is 10.0 Å². The zero-order valence-electron chi connectivity index (χ0n) is 6.95. The molecule has 0 aromatic heterocycles. The van der Waals surface area contributed by atoms with E-state index in [0.29, 0.717) is 26.4 Å². The van der Waals surface area contributed by atoms with Crippen molar-refractivity contribution in [2.45, 2.75) is 6.10 Å². The van der Waals surface area contributed by atoms with Gasteiger partial charge in [0.25, 0.3) is 0 Å². The van der Waals surface area contributed by atoms with Crippen molar-refractivity contribution in [3.8, 4) is 0 Å². The smallest absolute Gasteiger partial charge is 0.208 e. The Kier molecular flexibility index (Phi) is 3.45. The van der Waals surface area contributed by atoms with Crippen LogP contribution in [0, 0.1) is 0 Å². The van der Waals surface area contributed by atoms with Gasteiger partial charge in [-0.25, -0.2) is 13.1 Å². The predicted molar refractivity (Wildman–Crippen MR) is 43.4 cm³/mol. The van der Waals surface area contributed by atoms with Gasteiger partial charge in [0, 0.05) is 6.54 Å². The summed E-state index contributed by atoms with van der Waals surface area (Å²) < 4.78 is 34.0. The van der Waals surface area contributed by atoms with Crippen LogP contribution in [-0.2, 0) is 19.5 Å². The maximum atomic E-state index is 10.7. The monoisotopic (exact) mass is 195 g/mol. The summed E-state index contributed by atoms with van der Waals surface area (Å²) in [5, 5.41) is 0. The van der Waals surface area contributed by atoms with Crippen LogP contribution in [-0.4, -0.2) is 47.1 Å². The Labute approximate surface area is 72.1 Å². The molecule has 1 N–H and O–H groups in total. The maximum absolute atomic E-state index is 10.7. The fraction of sp³-hybridized carbons (Fsp3) is 1.00. The van der Waals surface area contributed by atoms with Gasteiger partial charge in [-0.1, -0.05) is 0 Å². The van der Waals surface area contributed by atoms with E-state index in [1.807, 2.05) is 0 Å². The highest BCUT2D eigenvalue weighted by atomic mass is 32.2. The Morgan fingerprint density at radius 1 is 1.50 bits per heavy atom. The molecule has 0 radical (unpaired) electrons. The van der Waals surface area contributed by atoms with Crippen molar-refractivity contribution in [2.75, 3.05) is 32.6 Å². The molecule has 1 aliphatic heterocycles. The van der Waals surface area contributed by atoms with Crippen LogP contribution in [0.1, 0.15) is 0 Å². The normalized spacial score (nSPS) is 25.6. The van der Waals surface area contributed by atoms with Gasteiger partial charge in [0.1, 0.15) is 0 Å².